The van der Waals surface area contributed by atoms with Gasteiger partial charge in [0.05, 0.1) is 18.1 Å². The number of carbonyl (C=O) groups is 1. The lowest BCUT2D eigenvalue weighted by Gasteiger charge is -2.29. The monoisotopic (exact) mass is 315 g/mol. The van der Waals surface area contributed by atoms with Crippen molar-refractivity contribution in [3.8, 4) is 0 Å². The van der Waals surface area contributed by atoms with Crippen molar-refractivity contribution in [1.29, 1.82) is 0 Å². The first-order valence-corrected chi connectivity index (χ1v) is 9.73. The first-order chi connectivity index (χ1) is 9.98. The highest BCUT2D eigenvalue weighted by Crippen LogP contribution is 2.26. The van der Waals surface area contributed by atoms with E-state index >= 15 is 0 Å². The zero-order chi connectivity index (χ0) is 15.0. The molecule has 0 aliphatic carbocycles. The molecule has 3 heterocycles. The van der Waals surface area contributed by atoms with Gasteiger partial charge in [-0.1, -0.05) is 0 Å². The number of sulfone groups is 1. The van der Waals surface area contributed by atoms with Crippen LogP contribution in [0.2, 0.25) is 0 Å². The molecule has 0 aromatic carbocycles. The van der Waals surface area contributed by atoms with Crippen molar-refractivity contribution in [3.63, 3.8) is 0 Å². The molecule has 21 heavy (non-hydrogen) atoms. The quantitative estimate of drug-likeness (QED) is 0.734. The lowest BCUT2D eigenvalue weighted by Crippen LogP contribution is -2.46. The Labute approximate surface area is 126 Å². The van der Waals surface area contributed by atoms with Gasteiger partial charge in [-0.15, -0.1) is 0 Å². The van der Waals surface area contributed by atoms with Crippen LogP contribution >= 0.6 is 0 Å². The van der Waals surface area contributed by atoms with E-state index in [1.54, 1.807) is 4.90 Å². The van der Waals surface area contributed by atoms with Crippen molar-refractivity contribution in [2.45, 2.75) is 19.4 Å². The summed E-state index contributed by atoms with van der Waals surface area (Å²) in [4.78, 5) is 16.5. The number of rotatable bonds is 4. The van der Waals surface area contributed by atoms with E-state index in [0.717, 1.165) is 26.2 Å². The van der Waals surface area contributed by atoms with Crippen LogP contribution in [0, 0.1) is 11.8 Å². The second-order valence-corrected chi connectivity index (χ2v) is 8.84. The number of carbonyl (C=O) groups excluding carboxylic acids is 1. The molecule has 3 rings (SSSR count). The molecule has 3 aliphatic heterocycles. The third-order valence-corrected chi connectivity index (χ3v) is 6.88. The van der Waals surface area contributed by atoms with Crippen molar-refractivity contribution in [3.05, 3.63) is 0 Å². The second kappa shape index (κ2) is 5.85. The van der Waals surface area contributed by atoms with Crippen LogP contribution < -0.4 is 5.32 Å². The summed E-state index contributed by atoms with van der Waals surface area (Å²) in [5, 5.41) is 3.40. The minimum absolute atomic E-state index is 0.0903. The molecule has 3 fully saturated rings. The Bertz CT molecular complexity index is 496. The highest BCUT2D eigenvalue weighted by Gasteiger charge is 2.38. The fraction of sp³-hybridized carbons (Fsp3) is 0.929. The van der Waals surface area contributed by atoms with Crippen LogP contribution in [0.25, 0.3) is 0 Å². The summed E-state index contributed by atoms with van der Waals surface area (Å²) in [7, 11) is -2.94. The summed E-state index contributed by atoms with van der Waals surface area (Å²) in [6, 6.07) is -0.115. The van der Waals surface area contributed by atoms with Gasteiger partial charge in [0, 0.05) is 25.7 Å². The highest BCUT2D eigenvalue weighted by atomic mass is 32.2. The van der Waals surface area contributed by atoms with Gasteiger partial charge in [-0.2, -0.15) is 0 Å². The van der Waals surface area contributed by atoms with Crippen LogP contribution in [0.4, 0.5) is 0 Å². The SMILES string of the molecule is CCN(C(=O)CN1C[C@H]2CNC[C@H]2C1)C1CCS(=O)(=O)C1. The predicted molar refractivity (Wildman–Crippen MR) is 80.7 cm³/mol. The molecule has 0 radical (unpaired) electrons. The summed E-state index contributed by atoms with van der Waals surface area (Å²) in [5.74, 6) is 1.81. The van der Waals surface area contributed by atoms with Crippen LogP contribution in [0.15, 0.2) is 0 Å². The maximum atomic E-state index is 12.5. The van der Waals surface area contributed by atoms with E-state index < -0.39 is 9.84 Å². The van der Waals surface area contributed by atoms with Gasteiger partial charge >= 0.3 is 0 Å². The second-order valence-electron chi connectivity index (χ2n) is 6.61. The van der Waals surface area contributed by atoms with Crippen molar-refractivity contribution < 1.29 is 13.2 Å². The average Bonchev–Trinajstić information content (AvgIpc) is 3.05. The Morgan fingerprint density at radius 3 is 2.48 bits per heavy atom. The maximum Gasteiger partial charge on any atom is 0.237 e. The molecular formula is C14H25N3O3S. The molecule has 6 nitrogen and oxygen atoms in total. The first kappa shape index (κ1) is 15.2. The molecule has 1 amide bonds. The van der Waals surface area contributed by atoms with Gasteiger partial charge in [-0.05, 0) is 38.3 Å². The zero-order valence-electron chi connectivity index (χ0n) is 12.6. The zero-order valence-corrected chi connectivity index (χ0v) is 13.4. The third kappa shape index (κ3) is 3.24. The van der Waals surface area contributed by atoms with Crippen LogP contribution in [0.1, 0.15) is 13.3 Å². The summed E-state index contributed by atoms with van der Waals surface area (Å²) in [6.45, 7) is 7.08. The number of nitrogens with one attached hydrogen (secondary N) is 1. The first-order valence-electron chi connectivity index (χ1n) is 7.91. The normalized spacial score (nSPS) is 35.0. The number of nitrogens with zero attached hydrogens (tertiary/aromatic N) is 2. The Morgan fingerprint density at radius 2 is 1.95 bits per heavy atom. The van der Waals surface area contributed by atoms with Gasteiger partial charge in [0.25, 0.3) is 0 Å². The number of hydrogen-bond acceptors (Lipinski definition) is 5. The highest BCUT2D eigenvalue weighted by molar-refractivity contribution is 7.91. The third-order valence-electron chi connectivity index (χ3n) is 5.13. The van der Waals surface area contributed by atoms with Gasteiger partial charge in [-0.25, -0.2) is 8.42 Å². The molecular weight excluding hydrogens is 290 g/mol. The lowest BCUT2D eigenvalue weighted by molar-refractivity contribution is -0.133. The molecule has 1 N–H and O–H groups in total. The molecule has 0 saturated carbocycles. The Morgan fingerprint density at radius 1 is 1.29 bits per heavy atom. The maximum absolute atomic E-state index is 12.5. The molecule has 3 aliphatic rings. The summed E-state index contributed by atoms with van der Waals surface area (Å²) in [5.41, 5.74) is 0. The Balaban J connectivity index is 1.56. The van der Waals surface area contributed by atoms with Crippen molar-refractivity contribution in [1.82, 2.24) is 15.1 Å². The standard InChI is InChI=1S/C14H25N3O3S/c1-2-17(13-3-4-21(19,20)10-13)14(18)9-16-7-11-5-15-6-12(11)8-16/h11-13,15H,2-10H2,1H3/t11-,12+,13?. The van der Waals surface area contributed by atoms with Crippen molar-refractivity contribution in [2.75, 3.05) is 50.8 Å². The van der Waals surface area contributed by atoms with Crippen LogP contribution in [-0.4, -0.2) is 80.9 Å². The number of likely N-dealkylation sites (N-methyl/N-ethyl adjacent to an activating group) is 1. The minimum atomic E-state index is -2.94. The molecule has 1 unspecified atom stereocenters. The van der Waals surface area contributed by atoms with E-state index in [2.05, 4.69) is 10.2 Å². The van der Waals surface area contributed by atoms with Gasteiger partial charge in [0.15, 0.2) is 9.84 Å². The number of amides is 1. The summed E-state index contributed by atoms with van der Waals surface area (Å²) < 4.78 is 23.2. The van der Waals surface area contributed by atoms with Gasteiger partial charge < -0.3 is 10.2 Å². The fourth-order valence-electron chi connectivity index (χ4n) is 4.02. The minimum Gasteiger partial charge on any atom is -0.338 e. The summed E-state index contributed by atoms with van der Waals surface area (Å²) >= 11 is 0. The van der Waals surface area contributed by atoms with Gasteiger partial charge in [0.1, 0.15) is 0 Å². The average molecular weight is 315 g/mol. The van der Waals surface area contributed by atoms with E-state index in [-0.39, 0.29) is 23.5 Å². The van der Waals surface area contributed by atoms with Gasteiger partial charge in [-0.3, -0.25) is 9.69 Å². The van der Waals surface area contributed by atoms with Crippen LogP contribution in [0.5, 0.6) is 0 Å². The van der Waals surface area contributed by atoms with Crippen LogP contribution in [0.3, 0.4) is 0 Å². The van der Waals surface area contributed by atoms with Crippen LogP contribution in [-0.2, 0) is 14.6 Å². The largest absolute Gasteiger partial charge is 0.338 e. The Kier molecular flexibility index (Phi) is 4.25. The van der Waals surface area contributed by atoms with Crippen molar-refractivity contribution in [2.24, 2.45) is 11.8 Å². The number of fused-ring (bicyclic) bond motifs is 1. The van der Waals surface area contributed by atoms with E-state index in [9.17, 15) is 13.2 Å². The topological polar surface area (TPSA) is 69.7 Å². The molecule has 0 spiro atoms. The molecule has 3 saturated heterocycles. The molecule has 0 aromatic heterocycles. The Hall–Kier alpha value is -0.660. The number of likely N-dealkylation sites (tertiary alicyclic amines) is 1. The summed E-state index contributed by atoms with van der Waals surface area (Å²) in [6.07, 6.45) is 0.594. The van der Waals surface area contributed by atoms with Gasteiger partial charge in [0.2, 0.25) is 5.91 Å². The number of hydrogen-bond donors (Lipinski definition) is 1. The van der Waals surface area contributed by atoms with E-state index in [0.29, 0.717) is 31.3 Å². The van der Waals surface area contributed by atoms with Crippen molar-refractivity contribution >= 4 is 15.7 Å². The molecule has 0 aromatic rings. The van der Waals surface area contributed by atoms with E-state index in [1.165, 1.54) is 0 Å². The molecule has 0 bridgehead atoms. The molecule has 120 valence electrons. The lowest BCUT2D eigenvalue weighted by atomic mass is 10.0. The molecule has 3 atom stereocenters. The molecule has 7 heteroatoms. The van der Waals surface area contributed by atoms with E-state index in [4.69, 9.17) is 0 Å². The smallest absolute Gasteiger partial charge is 0.237 e. The predicted octanol–water partition coefficient (Wildman–Crippen LogP) is -0.827. The van der Waals surface area contributed by atoms with E-state index in [1.807, 2.05) is 6.92 Å². The fourth-order valence-corrected chi connectivity index (χ4v) is 5.75.